The molecule has 0 saturated carbocycles. The summed E-state index contributed by atoms with van der Waals surface area (Å²) in [4.78, 5) is 14.8. The molecule has 1 atom stereocenters. The molecule has 5 nitrogen and oxygen atoms in total. The van der Waals surface area contributed by atoms with Gasteiger partial charge in [-0.25, -0.2) is 9.79 Å². The van der Waals surface area contributed by atoms with Crippen LogP contribution in [0.3, 0.4) is 0 Å². The lowest BCUT2D eigenvalue weighted by Crippen LogP contribution is -2.28. The average molecular weight is 384 g/mol. The minimum atomic E-state index is -0.945. The maximum atomic E-state index is 11.0. The summed E-state index contributed by atoms with van der Waals surface area (Å²) in [6.45, 7) is 2.27. The number of guanidine groups is 1. The summed E-state index contributed by atoms with van der Waals surface area (Å²) < 4.78 is 0. The molecule has 160 valence electrons. The lowest BCUT2D eigenvalue weighted by atomic mass is 10.0. The number of carbonyl (C=O) groups is 1. The molecule has 27 heavy (non-hydrogen) atoms. The van der Waals surface area contributed by atoms with Gasteiger partial charge in [-0.05, 0) is 6.42 Å². The molecule has 0 radical (unpaired) electrons. The molecule has 0 amide bonds. The number of unbranched alkanes of at least 4 members (excludes halogenated alkanes) is 16. The molecule has 0 aromatic carbocycles. The fourth-order valence-corrected chi connectivity index (χ4v) is 3.49. The van der Waals surface area contributed by atoms with Crippen LogP contribution < -0.4 is 11.5 Å². The van der Waals surface area contributed by atoms with Crippen LogP contribution in [0, 0.1) is 0 Å². The summed E-state index contributed by atoms with van der Waals surface area (Å²) in [5.41, 5.74) is 10.5. The van der Waals surface area contributed by atoms with E-state index in [2.05, 4.69) is 11.9 Å². The number of aliphatic carboxylic acids is 1. The third kappa shape index (κ3) is 19.3. The average Bonchev–Trinajstić information content (AvgIpc) is 2.62. The zero-order chi connectivity index (χ0) is 20.2. The molecule has 0 saturated heterocycles. The highest BCUT2D eigenvalue weighted by Gasteiger charge is 2.15. The molecule has 0 rings (SSSR count). The van der Waals surface area contributed by atoms with Crippen molar-refractivity contribution in [2.24, 2.45) is 16.5 Å². The molecule has 0 aliphatic heterocycles. The first-order valence-corrected chi connectivity index (χ1v) is 11.4. The second-order valence-electron chi connectivity index (χ2n) is 7.85. The van der Waals surface area contributed by atoms with Gasteiger partial charge in [0.2, 0.25) is 0 Å². The zero-order valence-corrected chi connectivity index (χ0v) is 17.8. The Morgan fingerprint density at radius 3 is 1.33 bits per heavy atom. The Morgan fingerprint density at radius 1 is 0.704 bits per heavy atom. The van der Waals surface area contributed by atoms with E-state index in [9.17, 15) is 4.79 Å². The summed E-state index contributed by atoms with van der Waals surface area (Å²) in [6.07, 6.45) is 22.9. The molecular formula is C22H45N3O2. The summed E-state index contributed by atoms with van der Waals surface area (Å²) in [7, 11) is 0. The van der Waals surface area contributed by atoms with Gasteiger partial charge in [-0.2, -0.15) is 0 Å². The molecule has 0 bridgehead atoms. The van der Waals surface area contributed by atoms with Crippen molar-refractivity contribution in [2.45, 2.75) is 129 Å². The number of nitrogens with zero attached hydrogens (tertiary/aromatic N) is 1. The fraction of sp³-hybridized carbons (Fsp3) is 0.909. The van der Waals surface area contributed by atoms with Gasteiger partial charge in [-0.3, -0.25) is 0 Å². The highest BCUT2D eigenvalue weighted by Crippen LogP contribution is 2.15. The van der Waals surface area contributed by atoms with E-state index < -0.39 is 12.0 Å². The Bertz CT molecular complexity index is 369. The van der Waals surface area contributed by atoms with Gasteiger partial charge in [0.25, 0.3) is 0 Å². The van der Waals surface area contributed by atoms with Crippen LogP contribution in [0.25, 0.3) is 0 Å². The molecule has 0 aromatic rings. The Labute approximate surface area is 167 Å². The van der Waals surface area contributed by atoms with Gasteiger partial charge in [-0.1, -0.05) is 116 Å². The quantitative estimate of drug-likeness (QED) is 0.141. The van der Waals surface area contributed by atoms with E-state index in [4.69, 9.17) is 16.6 Å². The van der Waals surface area contributed by atoms with Gasteiger partial charge in [0.1, 0.15) is 0 Å². The first-order valence-electron chi connectivity index (χ1n) is 11.4. The molecule has 0 fully saturated rings. The van der Waals surface area contributed by atoms with E-state index in [1.54, 1.807) is 0 Å². The molecule has 0 aliphatic rings. The van der Waals surface area contributed by atoms with Gasteiger partial charge >= 0.3 is 5.97 Å². The van der Waals surface area contributed by atoms with Crippen LogP contribution in [-0.4, -0.2) is 23.1 Å². The molecule has 0 aromatic heterocycles. The van der Waals surface area contributed by atoms with Crippen molar-refractivity contribution in [3.63, 3.8) is 0 Å². The highest BCUT2D eigenvalue weighted by atomic mass is 16.4. The van der Waals surface area contributed by atoms with Crippen molar-refractivity contribution in [3.05, 3.63) is 0 Å². The summed E-state index contributed by atoms with van der Waals surface area (Å²) in [6, 6.07) is -0.786. The number of carboxylic acid groups (broad SMARTS) is 1. The molecule has 0 spiro atoms. The predicted octanol–water partition coefficient (Wildman–Crippen LogP) is 5.75. The number of rotatable bonds is 20. The molecule has 5 N–H and O–H groups in total. The minimum Gasteiger partial charge on any atom is -0.480 e. The lowest BCUT2D eigenvalue weighted by molar-refractivity contribution is -0.138. The van der Waals surface area contributed by atoms with Crippen LogP contribution in [0.2, 0.25) is 0 Å². The number of aliphatic imine (C=N–C) groups is 1. The first-order chi connectivity index (χ1) is 13.1. The van der Waals surface area contributed by atoms with Crippen molar-refractivity contribution < 1.29 is 9.90 Å². The maximum absolute atomic E-state index is 11.0. The second kappa shape index (κ2) is 19.5. The zero-order valence-electron chi connectivity index (χ0n) is 17.8. The van der Waals surface area contributed by atoms with Crippen LogP contribution in [0.15, 0.2) is 4.99 Å². The Balaban J connectivity index is 3.27. The van der Waals surface area contributed by atoms with Crippen LogP contribution in [-0.2, 0) is 4.79 Å². The van der Waals surface area contributed by atoms with E-state index in [1.807, 2.05) is 0 Å². The van der Waals surface area contributed by atoms with Gasteiger partial charge in [-0.15, -0.1) is 0 Å². The van der Waals surface area contributed by atoms with Crippen LogP contribution in [0.1, 0.15) is 122 Å². The summed E-state index contributed by atoms with van der Waals surface area (Å²) >= 11 is 0. The smallest absolute Gasteiger partial charge is 0.328 e. The Hall–Kier alpha value is -1.26. The van der Waals surface area contributed by atoms with Crippen LogP contribution in [0.4, 0.5) is 0 Å². The standard InChI is InChI=1S/C22H45N3O2/c1-2-3-4-5-6-7-8-9-10-11-12-13-14-15-16-17-18-19-20(21(26)27)25-22(23)24/h20H,2-19H2,1H3,(H,26,27)(H4,23,24,25). The van der Waals surface area contributed by atoms with Gasteiger partial charge in [0.05, 0.1) is 0 Å². The van der Waals surface area contributed by atoms with E-state index in [0.29, 0.717) is 6.42 Å². The molecule has 1 unspecified atom stereocenters. The van der Waals surface area contributed by atoms with Gasteiger partial charge in [0, 0.05) is 0 Å². The minimum absolute atomic E-state index is 0.144. The van der Waals surface area contributed by atoms with Gasteiger partial charge in [0.15, 0.2) is 12.0 Å². The maximum Gasteiger partial charge on any atom is 0.328 e. The third-order valence-corrected chi connectivity index (χ3v) is 5.17. The van der Waals surface area contributed by atoms with Crippen molar-refractivity contribution in [1.82, 2.24) is 0 Å². The van der Waals surface area contributed by atoms with E-state index in [1.165, 1.54) is 96.3 Å². The number of nitrogens with two attached hydrogens (primary N) is 2. The first kappa shape index (κ1) is 25.7. The lowest BCUT2D eigenvalue weighted by Gasteiger charge is -2.07. The summed E-state index contributed by atoms with van der Waals surface area (Å²) in [5.74, 6) is -1.09. The van der Waals surface area contributed by atoms with Crippen molar-refractivity contribution in [3.8, 4) is 0 Å². The number of hydrogen-bond acceptors (Lipinski definition) is 2. The monoisotopic (exact) mass is 383 g/mol. The Morgan fingerprint density at radius 2 is 1.04 bits per heavy atom. The third-order valence-electron chi connectivity index (χ3n) is 5.17. The van der Waals surface area contributed by atoms with E-state index in [-0.39, 0.29) is 5.96 Å². The largest absolute Gasteiger partial charge is 0.480 e. The topological polar surface area (TPSA) is 102 Å². The number of carboxylic acids is 1. The van der Waals surface area contributed by atoms with Gasteiger partial charge < -0.3 is 16.6 Å². The molecule has 0 aliphatic carbocycles. The summed E-state index contributed by atoms with van der Waals surface area (Å²) in [5, 5.41) is 9.04. The predicted molar refractivity (Wildman–Crippen MR) is 116 cm³/mol. The fourth-order valence-electron chi connectivity index (χ4n) is 3.49. The van der Waals surface area contributed by atoms with Crippen molar-refractivity contribution >= 4 is 11.9 Å². The van der Waals surface area contributed by atoms with E-state index >= 15 is 0 Å². The van der Waals surface area contributed by atoms with E-state index in [0.717, 1.165) is 12.8 Å². The van der Waals surface area contributed by atoms with Crippen molar-refractivity contribution in [2.75, 3.05) is 0 Å². The van der Waals surface area contributed by atoms with Crippen molar-refractivity contribution in [1.29, 1.82) is 0 Å². The SMILES string of the molecule is CCCCCCCCCCCCCCCCCCCC(N=C(N)N)C(=O)O. The highest BCUT2D eigenvalue weighted by molar-refractivity contribution is 5.81. The molecule has 5 heteroatoms. The van der Waals surface area contributed by atoms with Crippen LogP contribution in [0.5, 0.6) is 0 Å². The van der Waals surface area contributed by atoms with Crippen LogP contribution >= 0.6 is 0 Å². The molecule has 0 heterocycles. The second-order valence-corrected chi connectivity index (χ2v) is 7.85. The molecular weight excluding hydrogens is 338 g/mol. The normalized spacial score (nSPS) is 12.0. The number of hydrogen-bond donors (Lipinski definition) is 3. The Kier molecular flexibility index (Phi) is 18.6.